The first-order valence-corrected chi connectivity index (χ1v) is 7.41. The Labute approximate surface area is 147 Å². The van der Waals surface area contributed by atoms with Gasteiger partial charge in [-0.15, -0.1) is 0 Å². The number of anilines is 1. The Balaban J connectivity index is 2.06. The zero-order valence-corrected chi connectivity index (χ0v) is 13.9. The van der Waals surface area contributed by atoms with E-state index < -0.39 is 34.4 Å². The van der Waals surface area contributed by atoms with Gasteiger partial charge >= 0.3 is 11.7 Å². The van der Waals surface area contributed by atoms with Crippen LogP contribution in [0.5, 0.6) is 5.75 Å². The van der Waals surface area contributed by atoms with Gasteiger partial charge in [0.25, 0.3) is 5.91 Å². The van der Waals surface area contributed by atoms with Gasteiger partial charge in [-0.05, 0) is 43.3 Å². The number of esters is 1. The Morgan fingerprint density at radius 3 is 2.42 bits per heavy atom. The number of ether oxygens (including phenoxy) is 2. The van der Waals surface area contributed by atoms with E-state index in [-0.39, 0.29) is 11.3 Å². The summed E-state index contributed by atoms with van der Waals surface area (Å²) in [5.41, 5.74) is -0.163. The van der Waals surface area contributed by atoms with Crippen molar-refractivity contribution in [2.24, 2.45) is 0 Å². The average Bonchev–Trinajstić information content (AvgIpc) is 2.62. The normalized spacial score (nSPS) is 11.3. The van der Waals surface area contributed by atoms with Gasteiger partial charge in [-0.1, -0.05) is 0 Å². The van der Waals surface area contributed by atoms with Crippen molar-refractivity contribution < 1.29 is 28.4 Å². The lowest BCUT2D eigenvalue weighted by atomic mass is 10.2. The summed E-state index contributed by atoms with van der Waals surface area (Å²) in [4.78, 5) is 34.4. The third kappa shape index (κ3) is 4.53. The lowest BCUT2D eigenvalue weighted by molar-refractivity contribution is -0.385. The fourth-order valence-corrected chi connectivity index (χ4v) is 2.02. The second-order valence-electron chi connectivity index (χ2n) is 5.19. The number of nitro benzene ring substituents is 1. The van der Waals surface area contributed by atoms with E-state index in [1.807, 2.05) is 0 Å². The van der Waals surface area contributed by atoms with Crippen LogP contribution < -0.4 is 10.1 Å². The number of nitro groups is 1. The van der Waals surface area contributed by atoms with Crippen LogP contribution in [0.3, 0.4) is 0 Å². The predicted molar refractivity (Wildman–Crippen MR) is 89.6 cm³/mol. The Bertz CT molecular complexity index is 838. The molecule has 2 aromatic rings. The number of hydrogen-bond donors (Lipinski definition) is 1. The summed E-state index contributed by atoms with van der Waals surface area (Å²) >= 11 is 0. The lowest BCUT2D eigenvalue weighted by Crippen LogP contribution is -2.30. The molecule has 0 spiro atoms. The summed E-state index contributed by atoms with van der Waals surface area (Å²) in [5.74, 6) is -2.00. The number of halogens is 1. The molecule has 0 saturated carbocycles. The van der Waals surface area contributed by atoms with Gasteiger partial charge in [0.2, 0.25) is 0 Å². The molecule has 9 heteroatoms. The van der Waals surface area contributed by atoms with E-state index >= 15 is 0 Å². The van der Waals surface area contributed by atoms with E-state index in [1.165, 1.54) is 50.4 Å². The minimum absolute atomic E-state index is 0.00588. The topological polar surface area (TPSA) is 108 Å². The van der Waals surface area contributed by atoms with Crippen molar-refractivity contribution in [2.75, 3.05) is 12.4 Å². The fourth-order valence-electron chi connectivity index (χ4n) is 2.02. The van der Waals surface area contributed by atoms with E-state index in [9.17, 15) is 24.1 Å². The first kappa shape index (κ1) is 18.8. The summed E-state index contributed by atoms with van der Waals surface area (Å²) in [6, 6.07) is 8.61. The molecule has 0 fully saturated rings. The van der Waals surface area contributed by atoms with Gasteiger partial charge in [0.15, 0.2) is 11.9 Å². The van der Waals surface area contributed by atoms with Gasteiger partial charge in [0.05, 0.1) is 17.6 Å². The van der Waals surface area contributed by atoms with Crippen molar-refractivity contribution >= 4 is 23.3 Å². The maximum absolute atomic E-state index is 12.8. The second kappa shape index (κ2) is 8.06. The highest BCUT2D eigenvalue weighted by Crippen LogP contribution is 2.27. The number of hydrogen-bond acceptors (Lipinski definition) is 6. The van der Waals surface area contributed by atoms with Crippen molar-refractivity contribution in [1.29, 1.82) is 0 Å². The van der Waals surface area contributed by atoms with Crippen LogP contribution in [0.1, 0.15) is 17.3 Å². The van der Waals surface area contributed by atoms with Crippen molar-refractivity contribution in [3.63, 3.8) is 0 Å². The summed E-state index contributed by atoms with van der Waals surface area (Å²) in [7, 11) is 1.27. The molecule has 0 saturated heterocycles. The highest BCUT2D eigenvalue weighted by atomic mass is 19.1. The molecule has 0 unspecified atom stereocenters. The van der Waals surface area contributed by atoms with Crippen LogP contribution in [0.2, 0.25) is 0 Å². The number of carbonyl (C=O) groups is 2. The minimum atomic E-state index is -1.17. The number of benzene rings is 2. The van der Waals surface area contributed by atoms with Gasteiger partial charge in [0, 0.05) is 11.8 Å². The quantitative estimate of drug-likeness (QED) is 0.481. The molecule has 0 radical (unpaired) electrons. The molecule has 0 aliphatic rings. The van der Waals surface area contributed by atoms with Crippen LogP contribution in [0.4, 0.5) is 15.8 Å². The largest absolute Gasteiger partial charge is 0.490 e. The van der Waals surface area contributed by atoms with Crippen LogP contribution in [0.25, 0.3) is 0 Å². The van der Waals surface area contributed by atoms with Crippen molar-refractivity contribution in [3.05, 3.63) is 64.0 Å². The molecule has 1 N–H and O–H groups in total. The Kier molecular flexibility index (Phi) is 5.84. The third-order valence-corrected chi connectivity index (χ3v) is 3.38. The Hall–Kier alpha value is -3.49. The Morgan fingerprint density at radius 2 is 1.85 bits per heavy atom. The lowest BCUT2D eigenvalue weighted by Gasteiger charge is -2.13. The number of nitrogens with zero attached hydrogens (tertiary/aromatic N) is 1. The molecule has 0 aromatic heterocycles. The van der Waals surface area contributed by atoms with Crippen LogP contribution in [-0.2, 0) is 9.53 Å². The Morgan fingerprint density at radius 1 is 1.19 bits per heavy atom. The van der Waals surface area contributed by atoms with Gasteiger partial charge in [0.1, 0.15) is 5.82 Å². The zero-order chi connectivity index (χ0) is 19.3. The van der Waals surface area contributed by atoms with Crippen LogP contribution in [0.15, 0.2) is 42.5 Å². The molecular weight excluding hydrogens is 347 g/mol. The van der Waals surface area contributed by atoms with Crippen molar-refractivity contribution in [2.45, 2.75) is 13.0 Å². The molecular formula is C17H15FN2O6. The van der Waals surface area contributed by atoms with E-state index in [0.29, 0.717) is 5.69 Å². The molecule has 2 aromatic carbocycles. The maximum Gasteiger partial charge on any atom is 0.339 e. The predicted octanol–water partition coefficient (Wildman–Crippen LogP) is 2.93. The van der Waals surface area contributed by atoms with Crippen molar-refractivity contribution in [3.8, 4) is 5.75 Å². The van der Waals surface area contributed by atoms with Crippen LogP contribution in [0, 0.1) is 15.9 Å². The molecule has 0 bridgehead atoms. The fraction of sp³-hybridized carbons (Fsp3) is 0.176. The van der Waals surface area contributed by atoms with Crippen LogP contribution >= 0.6 is 0 Å². The number of methoxy groups -OCH3 is 1. The highest BCUT2D eigenvalue weighted by Gasteiger charge is 2.22. The molecule has 26 heavy (non-hydrogen) atoms. The molecule has 2 rings (SSSR count). The first-order valence-electron chi connectivity index (χ1n) is 7.41. The molecule has 1 atom stereocenters. The van der Waals surface area contributed by atoms with Crippen LogP contribution in [-0.4, -0.2) is 30.0 Å². The van der Waals surface area contributed by atoms with E-state index in [4.69, 9.17) is 9.47 Å². The smallest absolute Gasteiger partial charge is 0.339 e. The SMILES string of the molecule is COc1ccc(C(=O)O[C@@H](C)C(=O)Nc2ccc(F)cc2)cc1[N+](=O)[O-]. The monoisotopic (exact) mass is 362 g/mol. The number of nitrogens with one attached hydrogen (secondary N) is 1. The van der Waals surface area contributed by atoms with Gasteiger partial charge < -0.3 is 14.8 Å². The number of carbonyl (C=O) groups excluding carboxylic acids is 2. The van der Waals surface area contributed by atoms with Gasteiger partial charge in [-0.25, -0.2) is 9.18 Å². The first-order chi connectivity index (χ1) is 12.3. The maximum atomic E-state index is 12.8. The summed E-state index contributed by atoms with van der Waals surface area (Å²) in [6.07, 6.45) is -1.17. The number of amides is 1. The van der Waals surface area contributed by atoms with E-state index in [2.05, 4.69) is 5.32 Å². The van der Waals surface area contributed by atoms with Gasteiger partial charge in [-0.2, -0.15) is 0 Å². The summed E-state index contributed by atoms with van der Waals surface area (Å²) in [5, 5.41) is 13.5. The minimum Gasteiger partial charge on any atom is -0.490 e. The van der Waals surface area contributed by atoms with E-state index in [1.54, 1.807) is 0 Å². The number of rotatable bonds is 6. The standard InChI is InChI=1S/C17H15FN2O6/c1-10(16(21)19-13-6-4-12(18)5-7-13)26-17(22)11-3-8-15(25-2)14(9-11)20(23)24/h3-10H,1-2H3,(H,19,21)/t10-/m0/s1. The van der Waals surface area contributed by atoms with Crippen molar-refractivity contribution in [1.82, 2.24) is 0 Å². The average molecular weight is 362 g/mol. The second-order valence-corrected chi connectivity index (χ2v) is 5.19. The van der Waals surface area contributed by atoms with Gasteiger partial charge in [-0.3, -0.25) is 14.9 Å². The summed E-state index contributed by atoms with van der Waals surface area (Å²) < 4.78 is 22.7. The van der Waals surface area contributed by atoms with E-state index in [0.717, 1.165) is 6.07 Å². The molecule has 0 aliphatic heterocycles. The molecule has 0 aliphatic carbocycles. The zero-order valence-electron chi connectivity index (χ0n) is 13.9. The molecule has 8 nitrogen and oxygen atoms in total. The third-order valence-electron chi connectivity index (χ3n) is 3.38. The molecule has 1 amide bonds. The highest BCUT2D eigenvalue weighted by molar-refractivity contribution is 5.97. The molecule has 136 valence electrons. The molecule has 0 heterocycles. The summed E-state index contributed by atoms with van der Waals surface area (Å²) in [6.45, 7) is 1.34.